The van der Waals surface area contributed by atoms with E-state index in [4.69, 9.17) is 9.15 Å². The van der Waals surface area contributed by atoms with E-state index >= 15 is 0 Å². The van der Waals surface area contributed by atoms with Gasteiger partial charge in [-0.1, -0.05) is 24.3 Å². The number of hydrogen-bond acceptors (Lipinski definition) is 3. The van der Waals surface area contributed by atoms with Crippen molar-refractivity contribution in [2.45, 2.75) is 27.4 Å². The van der Waals surface area contributed by atoms with Crippen LogP contribution in [-0.4, -0.2) is 12.5 Å². The number of anilines is 1. The molecule has 3 aromatic rings. The number of nitrogens with one attached hydrogen (secondary N) is 1. The topological polar surface area (TPSA) is 51.5 Å². The molecule has 1 heterocycles. The lowest BCUT2D eigenvalue weighted by Crippen LogP contribution is -2.13. The van der Waals surface area contributed by atoms with E-state index in [1.165, 1.54) is 5.56 Å². The second-order valence-electron chi connectivity index (χ2n) is 5.80. The van der Waals surface area contributed by atoms with Crippen molar-refractivity contribution in [2.24, 2.45) is 0 Å². The van der Waals surface area contributed by atoms with Gasteiger partial charge in [-0.2, -0.15) is 0 Å². The summed E-state index contributed by atoms with van der Waals surface area (Å²) in [4.78, 5) is 12.7. The van der Waals surface area contributed by atoms with Crippen molar-refractivity contribution >= 4 is 22.6 Å². The summed E-state index contributed by atoms with van der Waals surface area (Å²) in [5.41, 5.74) is 4.55. The van der Waals surface area contributed by atoms with Gasteiger partial charge in [0.05, 0.1) is 6.61 Å². The van der Waals surface area contributed by atoms with E-state index in [0.717, 1.165) is 22.2 Å². The van der Waals surface area contributed by atoms with Crippen LogP contribution in [0.3, 0.4) is 0 Å². The number of rotatable bonds is 5. The van der Waals surface area contributed by atoms with Gasteiger partial charge in [0.2, 0.25) is 0 Å². The van der Waals surface area contributed by atoms with E-state index in [0.29, 0.717) is 24.6 Å². The Bertz CT molecular complexity index is 880. The van der Waals surface area contributed by atoms with E-state index in [-0.39, 0.29) is 5.91 Å². The van der Waals surface area contributed by atoms with Gasteiger partial charge in [0.1, 0.15) is 5.58 Å². The van der Waals surface area contributed by atoms with Crippen LogP contribution in [-0.2, 0) is 11.3 Å². The summed E-state index contributed by atoms with van der Waals surface area (Å²) in [7, 11) is 0. The molecule has 4 heteroatoms. The Morgan fingerprint density at radius 3 is 2.67 bits per heavy atom. The monoisotopic (exact) mass is 323 g/mol. The number of aryl methyl sites for hydroxylation is 2. The first-order valence-electron chi connectivity index (χ1n) is 8.07. The summed E-state index contributed by atoms with van der Waals surface area (Å²) in [6.07, 6.45) is 0. The molecule has 124 valence electrons. The van der Waals surface area contributed by atoms with Crippen LogP contribution in [0.2, 0.25) is 0 Å². The van der Waals surface area contributed by atoms with Gasteiger partial charge < -0.3 is 14.5 Å². The number of amides is 1. The number of fused-ring (bicyclic) bond motifs is 1. The molecule has 0 fully saturated rings. The quantitative estimate of drug-likeness (QED) is 0.731. The maximum Gasteiger partial charge on any atom is 0.291 e. The van der Waals surface area contributed by atoms with E-state index in [9.17, 15) is 4.79 Å². The molecule has 0 bridgehead atoms. The predicted molar refractivity (Wildman–Crippen MR) is 95.4 cm³/mol. The van der Waals surface area contributed by atoms with Gasteiger partial charge in [-0.3, -0.25) is 4.79 Å². The number of carbonyl (C=O) groups is 1. The fourth-order valence-corrected chi connectivity index (χ4v) is 2.64. The molecule has 2 aromatic carbocycles. The zero-order chi connectivity index (χ0) is 17.1. The van der Waals surface area contributed by atoms with Crippen molar-refractivity contribution in [1.82, 2.24) is 0 Å². The Kier molecular flexibility index (Phi) is 4.67. The standard InChI is InChI=1S/C20H21NO3/c1-4-23-12-17-16-7-5-6-8-18(16)24-19(17)20(22)21-15-10-9-13(2)14(3)11-15/h5-11H,4,12H2,1-3H3,(H,21,22). The molecule has 0 atom stereocenters. The first-order valence-corrected chi connectivity index (χ1v) is 8.07. The molecule has 0 radical (unpaired) electrons. The van der Waals surface area contributed by atoms with E-state index < -0.39 is 0 Å². The lowest BCUT2D eigenvalue weighted by atomic mass is 10.1. The van der Waals surface area contributed by atoms with Crippen LogP contribution in [0.5, 0.6) is 0 Å². The van der Waals surface area contributed by atoms with Crippen molar-refractivity contribution < 1.29 is 13.9 Å². The highest BCUT2D eigenvalue weighted by atomic mass is 16.5. The molecule has 4 nitrogen and oxygen atoms in total. The van der Waals surface area contributed by atoms with Crippen LogP contribution in [0.4, 0.5) is 5.69 Å². The summed E-state index contributed by atoms with van der Waals surface area (Å²) < 4.78 is 11.3. The highest BCUT2D eigenvalue weighted by molar-refractivity contribution is 6.06. The Labute approximate surface area is 141 Å². The summed E-state index contributed by atoms with van der Waals surface area (Å²) in [5.74, 6) is 0.0482. The molecule has 0 spiro atoms. The maximum absolute atomic E-state index is 12.7. The van der Waals surface area contributed by atoms with E-state index in [1.807, 2.05) is 63.2 Å². The van der Waals surface area contributed by atoms with Crippen LogP contribution >= 0.6 is 0 Å². The normalized spacial score (nSPS) is 11.0. The van der Waals surface area contributed by atoms with Gasteiger partial charge >= 0.3 is 0 Å². The van der Waals surface area contributed by atoms with E-state index in [2.05, 4.69) is 5.32 Å². The van der Waals surface area contributed by atoms with Crippen molar-refractivity contribution in [1.29, 1.82) is 0 Å². The molecule has 0 saturated heterocycles. The largest absolute Gasteiger partial charge is 0.451 e. The molecular formula is C20H21NO3. The summed E-state index contributed by atoms with van der Waals surface area (Å²) >= 11 is 0. The fraction of sp³-hybridized carbons (Fsp3) is 0.250. The van der Waals surface area contributed by atoms with Crippen molar-refractivity contribution in [3.8, 4) is 0 Å². The third kappa shape index (κ3) is 3.19. The van der Waals surface area contributed by atoms with Gasteiger partial charge in [0.25, 0.3) is 5.91 Å². The number of ether oxygens (including phenoxy) is 1. The van der Waals surface area contributed by atoms with Crippen LogP contribution in [0, 0.1) is 13.8 Å². The van der Waals surface area contributed by atoms with Crippen LogP contribution < -0.4 is 5.32 Å². The number of hydrogen-bond donors (Lipinski definition) is 1. The average Bonchev–Trinajstić information content (AvgIpc) is 2.95. The predicted octanol–water partition coefficient (Wildman–Crippen LogP) is 4.84. The molecule has 24 heavy (non-hydrogen) atoms. The minimum absolute atomic E-state index is 0.260. The molecule has 0 saturated carbocycles. The first-order chi connectivity index (χ1) is 11.6. The molecule has 0 aliphatic rings. The van der Waals surface area contributed by atoms with Gasteiger partial charge in [0, 0.05) is 23.2 Å². The lowest BCUT2D eigenvalue weighted by Gasteiger charge is -2.08. The molecule has 1 amide bonds. The van der Waals surface area contributed by atoms with Crippen molar-refractivity contribution in [3.05, 3.63) is 64.9 Å². The summed E-state index contributed by atoms with van der Waals surface area (Å²) in [5, 5.41) is 3.83. The Balaban J connectivity index is 1.94. The first kappa shape index (κ1) is 16.3. The minimum Gasteiger partial charge on any atom is -0.451 e. The summed E-state index contributed by atoms with van der Waals surface area (Å²) in [6.45, 7) is 6.92. The smallest absolute Gasteiger partial charge is 0.291 e. The number of para-hydroxylation sites is 1. The van der Waals surface area contributed by atoms with Crippen LogP contribution in [0.25, 0.3) is 11.0 Å². The highest BCUT2D eigenvalue weighted by Crippen LogP contribution is 2.27. The van der Waals surface area contributed by atoms with E-state index in [1.54, 1.807) is 0 Å². The number of furan rings is 1. The van der Waals surface area contributed by atoms with Crippen LogP contribution in [0.1, 0.15) is 34.2 Å². The number of carbonyl (C=O) groups excluding carboxylic acids is 1. The Hall–Kier alpha value is -2.59. The molecule has 0 unspecified atom stereocenters. The molecule has 3 rings (SSSR count). The third-order valence-electron chi connectivity index (χ3n) is 4.12. The molecule has 0 aliphatic heterocycles. The van der Waals surface area contributed by atoms with Crippen LogP contribution in [0.15, 0.2) is 46.9 Å². The van der Waals surface area contributed by atoms with Gasteiger partial charge in [-0.25, -0.2) is 0 Å². The fourth-order valence-electron chi connectivity index (χ4n) is 2.64. The second-order valence-corrected chi connectivity index (χ2v) is 5.80. The Morgan fingerprint density at radius 2 is 1.92 bits per heavy atom. The molecule has 0 aliphatic carbocycles. The SMILES string of the molecule is CCOCc1c(C(=O)Nc2ccc(C)c(C)c2)oc2ccccc12. The highest BCUT2D eigenvalue weighted by Gasteiger charge is 2.20. The Morgan fingerprint density at radius 1 is 1.12 bits per heavy atom. The molecule has 1 N–H and O–H groups in total. The lowest BCUT2D eigenvalue weighted by molar-refractivity contribution is 0.0984. The van der Waals surface area contributed by atoms with Crippen molar-refractivity contribution in [2.75, 3.05) is 11.9 Å². The minimum atomic E-state index is -0.260. The zero-order valence-electron chi connectivity index (χ0n) is 14.2. The van der Waals surface area contributed by atoms with Gasteiger partial charge in [0.15, 0.2) is 5.76 Å². The zero-order valence-corrected chi connectivity index (χ0v) is 14.2. The summed E-state index contributed by atoms with van der Waals surface area (Å²) in [6, 6.07) is 13.5. The van der Waals surface area contributed by atoms with Gasteiger partial charge in [-0.15, -0.1) is 0 Å². The maximum atomic E-state index is 12.7. The average molecular weight is 323 g/mol. The molecular weight excluding hydrogens is 302 g/mol. The third-order valence-corrected chi connectivity index (χ3v) is 4.12. The van der Waals surface area contributed by atoms with Gasteiger partial charge in [-0.05, 0) is 50.1 Å². The number of benzene rings is 2. The second kappa shape index (κ2) is 6.89. The molecule has 1 aromatic heterocycles. The van der Waals surface area contributed by atoms with Crippen molar-refractivity contribution in [3.63, 3.8) is 0 Å².